The van der Waals surface area contributed by atoms with Crippen molar-refractivity contribution in [2.45, 2.75) is 12.3 Å². The largest absolute Gasteiger partial charge is 0.368 e. The van der Waals surface area contributed by atoms with Crippen molar-refractivity contribution in [1.29, 1.82) is 0 Å². The molecule has 0 spiro atoms. The zero-order valence-corrected chi connectivity index (χ0v) is 22.1. The van der Waals surface area contributed by atoms with E-state index in [0.717, 1.165) is 83.3 Å². The van der Waals surface area contributed by atoms with Gasteiger partial charge in [-0.2, -0.15) is 0 Å². The normalized spacial score (nSPS) is 21.0. The maximum absolute atomic E-state index is 13.1. The van der Waals surface area contributed by atoms with Crippen LogP contribution in [0.25, 0.3) is 11.4 Å². The van der Waals surface area contributed by atoms with Crippen LogP contribution < -0.4 is 15.1 Å². The second-order valence-electron chi connectivity index (χ2n) is 10.1. The standard InChI is InChI=1S/C28H35N7OS/c36-26(21-32-12-6-23(20-32)27-25(7-19-37-27)34-13-10-29-11-14-34)35-17-15-33(16-18-35)24-4-2-22(3-5-24)28-30-8-1-9-31-28/h1-5,7-9,19,23,29H,6,10-18,20-21H2/t23-/m0/s1. The van der Waals surface area contributed by atoms with Crippen molar-refractivity contribution in [2.75, 3.05) is 81.8 Å². The first-order valence-electron chi connectivity index (χ1n) is 13.4. The molecule has 8 nitrogen and oxygen atoms in total. The second kappa shape index (κ2) is 11.2. The lowest BCUT2D eigenvalue weighted by atomic mass is 10.1. The molecule has 0 radical (unpaired) electrons. The Morgan fingerprint density at radius 2 is 1.68 bits per heavy atom. The molecule has 1 aromatic carbocycles. The highest BCUT2D eigenvalue weighted by Gasteiger charge is 2.31. The Balaban J connectivity index is 0.991. The van der Waals surface area contributed by atoms with Crippen LogP contribution in [0.4, 0.5) is 11.4 Å². The first-order valence-corrected chi connectivity index (χ1v) is 14.3. The molecule has 1 N–H and O–H groups in total. The minimum atomic E-state index is 0.269. The Kier molecular flexibility index (Phi) is 7.34. The van der Waals surface area contributed by atoms with Gasteiger partial charge in [0, 0.05) is 93.3 Å². The molecule has 1 amide bonds. The lowest BCUT2D eigenvalue weighted by Crippen LogP contribution is -2.51. The number of rotatable bonds is 6. The van der Waals surface area contributed by atoms with Crippen LogP contribution in [0.3, 0.4) is 0 Å². The number of carbonyl (C=O) groups excluding carboxylic acids is 1. The quantitative estimate of drug-likeness (QED) is 0.539. The lowest BCUT2D eigenvalue weighted by molar-refractivity contribution is -0.132. The highest BCUT2D eigenvalue weighted by molar-refractivity contribution is 7.10. The van der Waals surface area contributed by atoms with Crippen LogP contribution in [0, 0.1) is 0 Å². The van der Waals surface area contributed by atoms with Crippen molar-refractivity contribution in [2.24, 2.45) is 0 Å². The van der Waals surface area contributed by atoms with E-state index in [4.69, 9.17) is 0 Å². The fourth-order valence-corrected chi connectivity index (χ4v) is 6.80. The lowest BCUT2D eigenvalue weighted by Gasteiger charge is -2.36. The van der Waals surface area contributed by atoms with Gasteiger partial charge in [0.1, 0.15) is 0 Å². The van der Waals surface area contributed by atoms with E-state index < -0.39 is 0 Å². The molecule has 9 heteroatoms. The Hall–Kier alpha value is -3.01. The smallest absolute Gasteiger partial charge is 0.236 e. The topological polar surface area (TPSA) is 67.8 Å². The van der Waals surface area contributed by atoms with Gasteiger partial charge in [-0.15, -0.1) is 11.3 Å². The van der Waals surface area contributed by atoms with E-state index in [1.54, 1.807) is 12.4 Å². The molecule has 0 saturated carbocycles. The molecule has 6 rings (SSSR count). The van der Waals surface area contributed by atoms with Crippen molar-refractivity contribution >= 4 is 28.6 Å². The number of likely N-dealkylation sites (tertiary alicyclic amines) is 1. The monoisotopic (exact) mass is 517 g/mol. The molecular weight excluding hydrogens is 482 g/mol. The molecule has 3 aliphatic rings. The van der Waals surface area contributed by atoms with E-state index in [2.05, 4.69) is 65.7 Å². The number of benzene rings is 1. The molecule has 5 heterocycles. The van der Waals surface area contributed by atoms with E-state index in [-0.39, 0.29) is 5.91 Å². The van der Waals surface area contributed by atoms with Gasteiger partial charge in [0.25, 0.3) is 0 Å². The molecule has 3 saturated heterocycles. The number of nitrogens with one attached hydrogen (secondary N) is 1. The SMILES string of the molecule is O=C(CN1CC[C@H](c2sccc2N2CCNCC2)C1)N1CCN(c2ccc(-c3ncccn3)cc2)CC1. The van der Waals surface area contributed by atoms with Crippen LogP contribution in [0.5, 0.6) is 0 Å². The summed E-state index contributed by atoms with van der Waals surface area (Å²) >= 11 is 1.89. The van der Waals surface area contributed by atoms with Gasteiger partial charge in [-0.3, -0.25) is 9.69 Å². The summed E-state index contributed by atoms with van der Waals surface area (Å²) in [5.41, 5.74) is 3.63. The number of amides is 1. The summed E-state index contributed by atoms with van der Waals surface area (Å²) in [5, 5.41) is 5.69. The van der Waals surface area contributed by atoms with Crippen LogP contribution in [-0.4, -0.2) is 97.7 Å². The van der Waals surface area contributed by atoms with Gasteiger partial charge in [0.15, 0.2) is 5.82 Å². The molecule has 37 heavy (non-hydrogen) atoms. The average molecular weight is 518 g/mol. The van der Waals surface area contributed by atoms with Crippen LogP contribution in [0.15, 0.2) is 54.2 Å². The van der Waals surface area contributed by atoms with Crippen molar-refractivity contribution < 1.29 is 4.79 Å². The third-order valence-electron chi connectivity index (χ3n) is 7.82. The Bertz CT molecular complexity index is 1170. The number of hydrogen-bond donors (Lipinski definition) is 1. The van der Waals surface area contributed by atoms with E-state index in [0.29, 0.717) is 12.5 Å². The summed E-state index contributed by atoms with van der Waals surface area (Å²) in [6, 6.07) is 12.5. The van der Waals surface area contributed by atoms with Crippen LogP contribution >= 0.6 is 11.3 Å². The zero-order valence-electron chi connectivity index (χ0n) is 21.3. The fourth-order valence-electron chi connectivity index (χ4n) is 5.75. The summed E-state index contributed by atoms with van der Waals surface area (Å²) in [4.78, 5) is 32.6. The zero-order chi connectivity index (χ0) is 25.0. The van der Waals surface area contributed by atoms with Gasteiger partial charge >= 0.3 is 0 Å². The highest BCUT2D eigenvalue weighted by atomic mass is 32.1. The van der Waals surface area contributed by atoms with Gasteiger partial charge in [-0.25, -0.2) is 9.97 Å². The van der Waals surface area contributed by atoms with E-state index in [1.165, 1.54) is 16.3 Å². The third kappa shape index (κ3) is 5.49. The van der Waals surface area contributed by atoms with E-state index in [1.807, 2.05) is 22.3 Å². The predicted molar refractivity (Wildman–Crippen MR) is 149 cm³/mol. The maximum atomic E-state index is 13.1. The van der Waals surface area contributed by atoms with Gasteiger partial charge in [0.2, 0.25) is 5.91 Å². The third-order valence-corrected chi connectivity index (χ3v) is 8.89. The first kappa shape index (κ1) is 24.3. The Morgan fingerprint density at radius 1 is 0.919 bits per heavy atom. The number of piperazine rings is 2. The van der Waals surface area contributed by atoms with Crippen LogP contribution in [0.2, 0.25) is 0 Å². The molecule has 0 unspecified atom stereocenters. The minimum Gasteiger partial charge on any atom is -0.368 e. The summed E-state index contributed by atoms with van der Waals surface area (Å²) < 4.78 is 0. The molecule has 194 valence electrons. The predicted octanol–water partition coefficient (Wildman–Crippen LogP) is 2.75. The van der Waals surface area contributed by atoms with E-state index in [9.17, 15) is 4.79 Å². The molecule has 3 aromatic rings. The van der Waals surface area contributed by atoms with Crippen molar-refractivity contribution in [3.8, 4) is 11.4 Å². The van der Waals surface area contributed by atoms with Crippen LogP contribution in [-0.2, 0) is 4.79 Å². The number of anilines is 2. The summed E-state index contributed by atoms with van der Waals surface area (Å²) in [6.07, 6.45) is 4.67. The first-order chi connectivity index (χ1) is 18.2. The summed E-state index contributed by atoms with van der Waals surface area (Å²) in [6.45, 7) is 10.1. The van der Waals surface area contributed by atoms with Crippen LogP contribution in [0.1, 0.15) is 17.2 Å². The molecule has 3 fully saturated rings. The molecule has 2 aromatic heterocycles. The van der Waals surface area contributed by atoms with Crippen molar-refractivity contribution in [3.63, 3.8) is 0 Å². The Morgan fingerprint density at radius 3 is 2.43 bits per heavy atom. The molecule has 0 bridgehead atoms. The second-order valence-corrected chi connectivity index (χ2v) is 11.1. The number of nitrogens with zero attached hydrogens (tertiary/aromatic N) is 6. The van der Waals surface area contributed by atoms with Crippen molar-refractivity contribution in [3.05, 3.63) is 59.0 Å². The number of carbonyl (C=O) groups is 1. The number of hydrogen-bond acceptors (Lipinski definition) is 8. The highest BCUT2D eigenvalue weighted by Crippen LogP contribution is 2.38. The van der Waals surface area contributed by atoms with Gasteiger partial charge < -0.3 is 20.0 Å². The average Bonchev–Trinajstić information content (AvgIpc) is 3.64. The molecular formula is C28H35N7OS. The van der Waals surface area contributed by atoms with E-state index >= 15 is 0 Å². The van der Waals surface area contributed by atoms with Gasteiger partial charge in [-0.1, -0.05) is 0 Å². The fraction of sp³-hybridized carbons (Fsp3) is 0.464. The Labute approximate surface area is 222 Å². The maximum Gasteiger partial charge on any atom is 0.236 e. The van der Waals surface area contributed by atoms with Gasteiger partial charge in [0.05, 0.1) is 12.2 Å². The summed E-state index contributed by atoms with van der Waals surface area (Å²) in [7, 11) is 0. The molecule has 0 aliphatic carbocycles. The van der Waals surface area contributed by atoms with Gasteiger partial charge in [-0.05, 0) is 54.7 Å². The summed E-state index contributed by atoms with van der Waals surface area (Å²) in [5.74, 6) is 1.55. The van der Waals surface area contributed by atoms with Crippen molar-refractivity contribution in [1.82, 2.24) is 25.1 Å². The minimum absolute atomic E-state index is 0.269. The number of aromatic nitrogens is 2. The molecule has 1 atom stereocenters. The number of thiophene rings is 1. The molecule has 3 aliphatic heterocycles.